The van der Waals surface area contributed by atoms with Crippen molar-refractivity contribution in [1.82, 2.24) is 0 Å². The SMILES string of the molecule is CCOCCN(CC)c1ccc(F)cc1C=CC(=O)O. The number of hydrogen-bond acceptors (Lipinski definition) is 3. The third-order valence-corrected chi connectivity index (χ3v) is 2.83. The van der Waals surface area contributed by atoms with Gasteiger partial charge in [-0.25, -0.2) is 9.18 Å². The van der Waals surface area contributed by atoms with Crippen LogP contribution in [0.25, 0.3) is 6.08 Å². The lowest BCUT2D eigenvalue weighted by Crippen LogP contribution is -2.27. The smallest absolute Gasteiger partial charge is 0.328 e. The lowest BCUT2D eigenvalue weighted by Gasteiger charge is -2.25. The second-order valence-electron chi connectivity index (χ2n) is 4.15. The highest BCUT2D eigenvalue weighted by atomic mass is 19.1. The first-order valence-electron chi connectivity index (χ1n) is 6.61. The van der Waals surface area contributed by atoms with Crippen molar-refractivity contribution in [3.05, 3.63) is 35.7 Å². The van der Waals surface area contributed by atoms with E-state index in [1.165, 1.54) is 18.2 Å². The molecule has 0 radical (unpaired) electrons. The molecular weight excluding hydrogens is 261 g/mol. The summed E-state index contributed by atoms with van der Waals surface area (Å²) in [6.45, 7) is 6.53. The van der Waals surface area contributed by atoms with Crippen molar-refractivity contribution < 1.29 is 19.0 Å². The predicted octanol–water partition coefficient (Wildman–Crippen LogP) is 2.79. The van der Waals surface area contributed by atoms with Crippen LogP contribution < -0.4 is 4.90 Å². The fourth-order valence-corrected chi connectivity index (χ4v) is 1.88. The Kier molecular flexibility index (Phi) is 6.73. The first-order chi connectivity index (χ1) is 9.58. The van der Waals surface area contributed by atoms with Gasteiger partial charge in [0.1, 0.15) is 5.82 Å². The number of nitrogens with zero attached hydrogens (tertiary/aromatic N) is 1. The lowest BCUT2D eigenvalue weighted by atomic mass is 10.1. The molecule has 0 heterocycles. The molecule has 0 saturated heterocycles. The molecule has 0 fully saturated rings. The molecule has 0 amide bonds. The van der Waals surface area contributed by atoms with Crippen molar-refractivity contribution in [2.75, 3.05) is 31.2 Å². The van der Waals surface area contributed by atoms with E-state index in [9.17, 15) is 9.18 Å². The van der Waals surface area contributed by atoms with Crippen LogP contribution in [0.15, 0.2) is 24.3 Å². The highest BCUT2D eigenvalue weighted by Gasteiger charge is 2.09. The number of halogens is 1. The van der Waals surface area contributed by atoms with Crippen LogP contribution in [-0.2, 0) is 9.53 Å². The van der Waals surface area contributed by atoms with E-state index in [0.29, 0.717) is 25.3 Å². The monoisotopic (exact) mass is 281 g/mol. The van der Waals surface area contributed by atoms with Crippen LogP contribution in [0.4, 0.5) is 10.1 Å². The maximum atomic E-state index is 13.3. The van der Waals surface area contributed by atoms with Crippen molar-refractivity contribution in [1.29, 1.82) is 0 Å². The summed E-state index contributed by atoms with van der Waals surface area (Å²) >= 11 is 0. The van der Waals surface area contributed by atoms with Gasteiger partial charge in [-0.1, -0.05) is 0 Å². The summed E-state index contributed by atoms with van der Waals surface area (Å²) < 4.78 is 18.6. The van der Waals surface area contributed by atoms with Gasteiger partial charge in [0.15, 0.2) is 0 Å². The summed E-state index contributed by atoms with van der Waals surface area (Å²) in [5.41, 5.74) is 1.34. The molecule has 0 aliphatic heterocycles. The van der Waals surface area contributed by atoms with E-state index in [0.717, 1.165) is 18.3 Å². The number of carboxylic acid groups (broad SMARTS) is 1. The second kappa shape index (κ2) is 8.32. The molecule has 0 aliphatic carbocycles. The van der Waals surface area contributed by atoms with Gasteiger partial charge < -0.3 is 14.7 Å². The number of benzene rings is 1. The molecule has 20 heavy (non-hydrogen) atoms. The topological polar surface area (TPSA) is 49.8 Å². The molecule has 0 bridgehead atoms. The summed E-state index contributed by atoms with van der Waals surface area (Å²) in [5.74, 6) is -1.45. The molecule has 1 rings (SSSR count). The zero-order valence-corrected chi connectivity index (χ0v) is 11.8. The summed E-state index contributed by atoms with van der Waals surface area (Å²) in [4.78, 5) is 12.6. The quantitative estimate of drug-likeness (QED) is 0.588. The third kappa shape index (κ3) is 5.01. The lowest BCUT2D eigenvalue weighted by molar-refractivity contribution is -0.131. The molecule has 0 spiro atoms. The molecule has 0 unspecified atom stereocenters. The molecule has 1 N–H and O–H groups in total. The normalized spacial score (nSPS) is 10.9. The Morgan fingerprint density at radius 3 is 2.80 bits per heavy atom. The third-order valence-electron chi connectivity index (χ3n) is 2.83. The molecule has 1 aromatic carbocycles. The van der Waals surface area contributed by atoms with Gasteiger partial charge in [0.2, 0.25) is 0 Å². The van der Waals surface area contributed by atoms with Crippen LogP contribution in [0.2, 0.25) is 0 Å². The summed E-state index contributed by atoms with van der Waals surface area (Å²) in [7, 11) is 0. The van der Waals surface area contributed by atoms with E-state index in [1.54, 1.807) is 6.07 Å². The van der Waals surface area contributed by atoms with Crippen molar-refractivity contribution in [2.24, 2.45) is 0 Å². The Labute approximate surface area is 118 Å². The number of aliphatic carboxylic acids is 1. The zero-order valence-electron chi connectivity index (χ0n) is 11.8. The minimum absolute atomic E-state index is 0.389. The number of ether oxygens (including phenoxy) is 1. The van der Waals surface area contributed by atoms with Crippen molar-refractivity contribution in [2.45, 2.75) is 13.8 Å². The number of rotatable bonds is 8. The van der Waals surface area contributed by atoms with E-state index in [2.05, 4.69) is 0 Å². The van der Waals surface area contributed by atoms with Gasteiger partial charge in [0.25, 0.3) is 0 Å². The number of anilines is 1. The average molecular weight is 281 g/mol. The fourth-order valence-electron chi connectivity index (χ4n) is 1.88. The van der Waals surface area contributed by atoms with Gasteiger partial charge in [-0.15, -0.1) is 0 Å². The maximum Gasteiger partial charge on any atom is 0.328 e. The maximum absolute atomic E-state index is 13.3. The summed E-state index contributed by atoms with van der Waals surface area (Å²) in [6, 6.07) is 4.36. The summed E-state index contributed by atoms with van der Waals surface area (Å²) in [5, 5.41) is 8.69. The van der Waals surface area contributed by atoms with E-state index in [-0.39, 0.29) is 5.82 Å². The Hall–Kier alpha value is -1.88. The zero-order chi connectivity index (χ0) is 15.0. The highest BCUT2D eigenvalue weighted by Crippen LogP contribution is 2.23. The molecule has 4 nitrogen and oxygen atoms in total. The van der Waals surface area contributed by atoms with Crippen molar-refractivity contribution in [3.63, 3.8) is 0 Å². The van der Waals surface area contributed by atoms with Gasteiger partial charge in [0, 0.05) is 37.0 Å². The van der Waals surface area contributed by atoms with Gasteiger partial charge in [0.05, 0.1) is 6.61 Å². The van der Waals surface area contributed by atoms with Gasteiger partial charge in [-0.3, -0.25) is 0 Å². The van der Waals surface area contributed by atoms with Gasteiger partial charge >= 0.3 is 5.97 Å². The Balaban J connectivity index is 2.98. The van der Waals surface area contributed by atoms with Crippen LogP contribution in [0.3, 0.4) is 0 Å². The van der Waals surface area contributed by atoms with Crippen molar-refractivity contribution in [3.8, 4) is 0 Å². The highest BCUT2D eigenvalue weighted by molar-refractivity contribution is 5.87. The Bertz CT molecular complexity index is 474. The van der Waals surface area contributed by atoms with E-state index < -0.39 is 5.97 Å². The largest absolute Gasteiger partial charge is 0.478 e. The standard InChI is InChI=1S/C15H20FNO3/c1-3-17(9-10-20-4-2)14-7-6-13(16)11-12(14)5-8-15(18)19/h5-8,11H,3-4,9-10H2,1-2H3,(H,18,19). The van der Waals surface area contributed by atoms with Crippen molar-refractivity contribution >= 4 is 17.7 Å². The van der Waals surface area contributed by atoms with Crippen LogP contribution in [0.1, 0.15) is 19.4 Å². The number of carboxylic acids is 1. The minimum atomic E-state index is -1.06. The molecule has 5 heteroatoms. The van der Waals surface area contributed by atoms with Crippen LogP contribution in [0, 0.1) is 5.82 Å². The number of carbonyl (C=O) groups is 1. The van der Waals surface area contributed by atoms with Gasteiger partial charge in [-0.05, 0) is 38.1 Å². The molecule has 0 atom stereocenters. The van der Waals surface area contributed by atoms with E-state index in [4.69, 9.17) is 9.84 Å². The number of likely N-dealkylation sites (N-methyl/N-ethyl adjacent to an activating group) is 1. The Morgan fingerprint density at radius 2 is 2.20 bits per heavy atom. The molecule has 0 saturated carbocycles. The first kappa shape index (κ1) is 16.2. The molecule has 110 valence electrons. The van der Waals surface area contributed by atoms with Crippen LogP contribution >= 0.6 is 0 Å². The Morgan fingerprint density at radius 1 is 1.45 bits per heavy atom. The van der Waals surface area contributed by atoms with E-state index in [1.807, 2.05) is 18.7 Å². The van der Waals surface area contributed by atoms with Crippen LogP contribution in [-0.4, -0.2) is 37.4 Å². The predicted molar refractivity (Wildman–Crippen MR) is 77.4 cm³/mol. The minimum Gasteiger partial charge on any atom is -0.478 e. The molecule has 0 aromatic heterocycles. The van der Waals surface area contributed by atoms with Gasteiger partial charge in [-0.2, -0.15) is 0 Å². The van der Waals surface area contributed by atoms with Crippen LogP contribution in [0.5, 0.6) is 0 Å². The molecule has 1 aromatic rings. The second-order valence-corrected chi connectivity index (χ2v) is 4.15. The fraction of sp³-hybridized carbons (Fsp3) is 0.400. The number of hydrogen-bond donors (Lipinski definition) is 1. The first-order valence-corrected chi connectivity index (χ1v) is 6.61. The van der Waals surface area contributed by atoms with E-state index >= 15 is 0 Å². The average Bonchev–Trinajstić information content (AvgIpc) is 2.42. The molecular formula is C15H20FNO3. The summed E-state index contributed by atoms with van der Waals surface area (Å²) in [6.07, 6.45) is 2.42. The molecule has 0 aliphatic rings.